The number of fused-ring (bicyclic) bond motifs is 2. The van der Waals surface area contributed by atoms with Gasteiger partial charge >= 0.3 is 11.8 Å². The number of nitrogens with one attached hydrogen (secondary N) is 2. The van der Waals surface area contributed by atoms with E-state index in [2.05, 4.69) is 57.4 Å². The number of carbonyl (C=O) groups is 1. The standard InChI is InChI=1S/C30H28N8O2/c1-16(2)38-17(3)22(15-32-38)25-34-24-21(10-13-31-26(24)35-25)19-8-9-20-18(14-19)6-5-7-23(20)33-27(39)28-36-29(37-40-28)30(4)11-12-30/h5-10,13-16H,11-12H2,1-4H3,(H,33,39)(H,31,34,35). The van der Waals surface area contributed by atoms with Gasteiger partial charge in [0.2, 0.25) is 0 Å². The maximum absolute atomic E-state index is 12.9. The molecule has 0 radical (unpaired) electrons. The van der Waals surface area contributed by atoms with E-state index < -0.39 is 5.91 Å². The Morgan fingerprint density at radius 1 is 1.12 bits per heavy atom. The summed E-state index contributed by atoms with van der Waals surface area (Å²) in [5.41, 5.74) is 6.10. The molecular formula is C30H28N8O2. The highest BCUT2D eigenvalue weighted by Crippen LogP contribution is 2.46. The van der Waals surface area contributed by atoms with Crippen molar-refractivity contribution in [3.63, 3.8) is 0 Å². The Hall–Kier alpha value is -4.86. The van der Waals surface area contributed by atoms with E-state index in [0.29, 0.717) is 17.2 Å². The molecule has 10 nitrogen and oxygen atoms in total. The summed E-state index contributed by atoms with van der Waals surface area (Å²) in [4.78, 5) is 30.0. The van der Waals surface area contributed by atoms with Crippen molar-refractivity contribution in [2.75, 3.05) is 5.32 Å². The molecule has 1 amide bonds. The van der Waals surface area contributed by atoms with Crippen LogP contribution in [-0.4, -0.2) is 40.8 Å². The van der Waals surface area contributed by atoms with Gasteiger partial charge < -0.3 is 14.8 Å². The van der Waals surface area contributed by atoms with Crippen molar-refractivity contribution in [3.8, 4) is 22.5 Å². The topological polar surface area (TPSA) is 127 Å². The normalized spacial score (nSPS) is 14.3. The summed E-state index contributed by atoms with van der Waals surface area (Å²) >= 11 is 0. The van der Waals surface area contributed by atoms with Crippen LogP contribution in [-0.2, 0) is 5.41 Å². The van der Waals surface area contributed by atoms with Crippen molar-refractivity contribution in [1.82, 2.24) is 34.9 Å². The Morgan fingerprint density at radius 2 is 1.98 bits per heavy atom. The molecule has 1 saturated carbocycles. The second-order valence-corrected chi connectivity index (χ2v) is 11.0. The molecule has 10 heteroatoms. The van der Waals surface area contributed by atoms with Gasteiger partial charge in [-0.05, 0) is 62.8 Å². The first kappa shape index (κ1) is 24.2. The number of carbonyl (C=O) groups excluding carboxylic acids is 1. The molecule has 1 fully saturated rings. The maximum Gasteiger partial charge on any atom is 0.316 e. The highest BCUT2D eigenvalue weighted by atomic mass is 16.5. The highest BCUT2D eigenvalue weighted by Gasteiger charge is 2.44. The summed E-state index contributed by atoms with van der Waals surface area (Å²) in [5, 5.41) is 13.4. The van der Waals surface area contributed by atoms with Gasteiger partial charge in [0, 0.05) is 40.0 Å². The second-order valence-electron chi connectivity index (χ2n) is 11.0. The average molecular weight is 533 g/mol. The predicted octanol–water partition coefficient (Wildman–Crippen LogP) is 6.22. The monoisotopic (exact) mass is 532 g/mol. The summed E-state index contributed by atoms with van der Waals surface area (Å²) in [6.45, 7) is 8.34. The lowest BCUT2D eigenvalue weighted by molar-refractivity contribution is 0.0981. The highest BCUT2D eigenvalue weighted by molar-refractivity contribution is 6.08. The number of aromatic amines is 1. The average Bonchev–Trinajstić information content (AvgIpc) is 3.33. The zero-order chi connectivity index (χ0) is 27.6. The van der Waals surface area contributed by atoms with Crippen LogP contribution in [0.25, 0.3) is 44.5 Å². The van der Waals surface area contributed by atoms with Gasteiger partial charge in [0.25, 0.3) is 0 Å². The van der Waals surface area contributed by atoms with Gasteiger partial charge in [-0.25, -0.2) is 9.97 Å². The number of hydrogen-bond donors (Lipinski definition) is 2. The number of amides is 1. The molecule has 2 N–H and O–H groups in total. The number of pyridine rings is 1. The van der Waals surface area contributed by atoms with Crippen LogP contribution in [0, 0.1) is 6.92 Å². The summed E-state index contributed by atoms with van der Waals surface area (Å²) in [6, 6.07) is 14.2. The van der Waals surface area contributed by atoms with E-state index in [-0.39, 0.29) is 17.3 Å². The van der Waals surface area contributed by atoms with Gasteiger partial charge in [-0.15, -0.1) is 0 Å². The second kappa shape index (κ2) is 8.84. The third kappa shape index (κ3) is 3.95. The molecule has 0 spiro atoms. The predicted molar refractivity (Wildman–Crippen MR) is 152 cm³/mol. The van der Waals surface area contributed by atoms with Gasteiger partial charge in [0.15, 0.2) is 11.5 Å². The van der Waals surface area contributed by atoms with Gasteiger partial charge in [0.05, 0.1) is 17.3 Å². The number of hydrogen-bond acceptors (Lipinski definition) is 7. The molecule has 6 aromatic rings. The minimum atomic E-state index is -0.420. The number of benzene rings is 2. The van der Waals surface area contributed by atoms with Crippen LogP contribution in [0.15, 0.2) is 59.4 Å². The lowest BCUT2D eigenvalue weighted by Gasteiger charge is -2.09. The first-order valence-corrected chi connectivity index (χ1v) is 13.4. The van der Waals surface area contributed by atoms with E-state index >= 15 is 0 Å². The third-order valence-electron chi connectivity index (χ3n) is 7.78. The van der Waals surface area contributed by atoms with Crippen LogP contribution in [0.4, 0.5) is 5.69 Å². The van der Waals surface area contributed by atoms with Crippen LogP contribution < -0.4 is 5.32 Å². The van der Waals surface area contributed by atoms with Crippen molar-refractivity contribution >= 4 is 33.5 Å². The molecule has 0 bridgehead atoms. The molecule has 1 aliphatic rings. The SMILES string of the molecule is Cc1c(-c2nc3nccc(-c4ccc5c(NC(=O)c6nc(C7(C)CC7)no6)cccc5c4)c3[nH]2)cnn1C(C)C. The number of aromatic nitrogens is 7. The Morgan fingerprint density at radius 3 is 2.75 bits per heavy atom. The Bertz CT molecular complexity index is 1920. The molecule has 1 aliphatic carbocycles. The van der Waals surface area contributed by atoms with Crippen molar-refractivity contribution in [2.24, 2.45) is 0 Å². The van der Waals surface area contributed by atoms with Crippen LogP contribution in [0.1, 0.15) is 61.9 Å². The minimum Gasteiger partial charge on any atom is -0.336 e. The molecule has 0 unspecified atom stereocenters. The van der Waals surface area contributed by atoms with E-state index in [4.69, 9.17) is 9.51 Å². The molecular weight excluding hydrogens is 504 g/mol. The van der Waals surface area contributed by atoms with Crippen LogP contribution in [0.5, 0.6) is 0 Å². The van der Waals surface area contributed by atoms with Gasteiger partial charge in [-0.3, -0.25) is 9.48 Å². The fourth-order valence-corrected chi connectivity index (χ4v) is 5.16. The van der Waals surface area contributed by atoms with Crippen LogP contribution in [0.3, 0.4) is 0 Å². The summed E-state index contributed by atoms with van der Waals surface area (Å²) < 4.78 is 7.24. The molecule has 7 rings (SSSR count). The quantitative estimate of drug-likeness (QED) is 0.261. The van der Waals surface area contributed by atoms with E-state index in [1.165, 1.54) is 0 Å². The Kier molecular flexibility index (Phi) is 5.35. The number of rotatable bonds is 6. The smallest absolute Gasteiger partial charge is 0.316 e. The number of anilines is 1. The largest absolute Gasteiger partial charge is 0.336 e. The number of H-pyrrole nitrogens is 1. The minimum absolute atomic E-state index is 0.0276. The first-order valence-electron chi connectivity index (χ1n) is 13.4. The fourth-order valence-electron chi connectivity index (χ4n) is 5.16. The van der Waals surface area contributed by atoms with Gasteiger partial charge in [-0.2, -0.15) is 10.1 Å². The van der Waals surface area contributed by atoms with E-state index in [1.807, 2.05) is 54.2 Å². The molecule has 0 aliphatic heterocycles. The van der Waals surface area contributed by atoms with Crippen LogP contribution in [0.2, 0.25) is 0 Å². The van der Waals surface area contributed by atoms with Crippen LogP contribution >= 0.6 is 0 Å². The summed E-state index contributed by atoms with van der Waals surface area (Å²) in [6.07, 6.45) is 5.63. The lowest BCUT2D eigenvalue weighted by Crippen LogP contribution is -2.13. The van der Waals surface area contributed by atoms with Gasteiger partial charge in [-0.1, -0.05) is 36.3 Å². The summed E-state index contributed by atoms with van der Waals surface area (Å²) in [5.74, 6) is 0.886. The third-order valence-corrected chi connectivity index (χ3v) is 7.78. The van der Waals surface area contributed by atoms with E-state index in [1.54, 1.807) is 6.20 Å². The van der Waals surface area contributed by atoms with Crippen molar-refractivity contribution < 1.29 is 9.32 Å². The van der Waals surface area contributed by atoms with Crippen molar-refractivity contribution in [1.29, 1.82) is 0 Å². The lowest BCUT2D eigenvalue weighted by atomic mass is 10.0. The van der Waals surface area contributed by atoms with Crippen molar-refractivity contribution in [3.05, 3.63) is 72.3 Å². The first-order chi connectivity index (χ1) is 19.3. The van der Waals surface area contributed by atoms with E-state index in [9.17, 15) is 4.79 Å². The molecule has 4 aromatic heterocycles. The molecule has 0 saturated heterocycles. The van der Waals surface area contributed by atoms with E-state index in [0.717, 1.165) is 57.3 Å². The number of imidazole rings is 1. The molecule has 200 valence electrons. The zero-order valence-electron chi connectivity index (χ0n) is 22.7. The molecule has 4 heterocycles. The Labute approximate surface area is 229 Å². The summed E-state index contributed by atoms with van der Waals surface area (Å²) in [7, 11) is 0. The number of nitrogens with zero attached hydrogens (tertiary/aromatic N) is 6. The maximum atomic E-state index is 12.9. The van der Waals surface area contributed by atoms with Gasteiger partial charge in [0.1, 0.15) is 5.82 Å². The van der Waals surface area contributed by atoms with Crippen molar-refractivity contribution in [2.45, 2.75) is 52.0 Å². The molecule has 0 atom stereocenters. The molecule has 40 heavy (non-hydrogen) atoms. The Balaban J connectivity index is 1.22. The fraction of sp³-hybridized carbons (Fsp3) is 0.267. The zero-order valence-corrected chi connectivity index (χ0v) is 22.7. The molecule has 2 aromatic carbocycles.